The fraction of sp³-hybridized carbons (Fsp3) is 0.579. The number of piperidine rings is 1. The summed E-state index contributed by atoms with van der Waals surface area (Å²) in [7, 11) is 0. The molecule has 3 rings (SSSR count). The minimum Gasteiger partial charge on any atom is -0.339 e. The van der Waals surface area contributed by atoms with Gasteiger partial charge in [0.2, 0.25) is 5.91 Å². The van der Waals surface area contributed by atoms with Crippen LogP contribution in [0.3, 0.4) is 0 Å². The summed E-state index contributed by atoms with van der Waals surface area (Å²) in [6, 6.07) is 6.04. The van der Waals surface area contributed by atoms with E-state index in [-0.39, 0.29) is 17.7 Å². The molecule has 0 spiro atoms. The van der Waals surface area contributed by atoms with E-state index in [4.69, 9.17) is 0 Å². The molecule has 0 radical (unpaired) electrons. The Bertz CT molecular complexity index is 623. The van der Waals surface area contributed by atoms with Gasteiger partial charge < -0.3 is 15.5 Å². The zero-order valence-electron chi connectivity index (χ0n) is 14.6. The zero-order valence-corrected chi connectivity index (χ0v) is 14.6. The van der Waals surface area contributed by atoms with Gasteiger partial charge in [-0.3, -0.25) is 9.59 Å². The lowest BCUT2D eigenvalue weighted by Crippen LogP contribution is -2.40. The van der Waals surface area contributed by atoms with Crippen LogP contribution in [0.25, 0.3) is 0 Å². The SMILES string of the molecule is Cc1cccc(NC(=O)[C@H]2CCN[C@@H](C)C2)c1C(=O)N1CCCC1. The molecule has 2 amide bonds. The van der Waals surface area contributed by atoms with Gasteiger partial charge in [-0.1, -0.05) is 12.1 Å². The van der Waals surface area contributed by atoms with Gasteiger partial charge in [-0.05, 0) is 57.7 Å². The number of carbonyl (C=O) groups excluding carboxylic acids is 2. The molecule has 0 saturated carbocycles. The second-order valence-electron chi connectivity index (χ2n) is 7.06. The molecule has 0 bridgehead atoms. The number of hydrogen-bond donors (Lipinski definition) is 2. The Kier molecular flexibility index (Phi) is 5.19. The van der Waals surface area contributed by atoms with Crippen molar-refractivity contribution in [2.75, 3.05) is 25.0 Å². The summed E-state index contributed by atoms with van der Waals surface area (Å²) in [6.45, 7) is 6.53. The van der Waals surface area contributed by atoms with Crippen LogP contribution in [0.1, 0.15) is 48.5 Å². The molecule has 0 aromatic heterocycles. The molecule has 24 heavy (non-hydrogen) atoms. The van der Waals surface area contributed by atoms with Crippen molar-refractivity contribution in [3.05, 3.63) is 29.3 Å². The molecule has 1 aromatic carbocycles. The lowest BCUT2D eigenvalue weighted by molar-refractivity contribution is -0.120. The molecule has 2 aliphatic rings. The second kappa shape index (κ2) is 7.34. The number of anilines is 1. The Morgan fingerprint density at radius 2 is 2.00 bits per heavy atom. The number of aryl methyl sites for hydroxylation is 1. The van der Waals surface area contributed by atoms with Crippen LogP contribution in [0.5, 0.6) is 0 Å². The summed E-state index contributed by atoms with van der Waals surface area (Å²) in [6.07, 6.45) is 3.81. The van der Waals surface area contributed by atoms with Crippen molar-refractivity contribution in [1.82, 2.24) is 10.2 Å². The average Bonchev–Trinajstić information content (AvgIpc) is 3.09. The van der Waals surface area contributed by atoms with Crippen LogP contribution < -0.4 is 10.6 Å². The summed E-state index contributed by atoms with van der Waals surface area (Å²) >= 11 is 0. The minimum atomic E-state index is 0.0106. The minimum absolute atomic E-state index is 0.0106. The molecule has 5 nitrogen and oxygen atoms in total. The fourth-order valence-corrected chi connectivity index (χ4v) is 3.74. The number of amides is 2. The molecule has 2 atom stereocenters. The molecule has 2 aliphatic heterocycles. The number of carbonyl (C=O) groups is 2. The van der Waals surface area contributed by atoms with Gasteiger partial charge in [-0.2, -0.15) is 0 Å². The Hall–Kier alpha value is -1.88. The van der Waals surface area contributed by atoms with Crippen molar-refractivity contribution >= 4 is 17.5 Å². The van der Waals surface area contributed by atoms with E-state index in [0.717, 1.165) is 50.9 Å². The van der Waals surface area contributed by atoms with Crippen molar-refractivity contribution in [3.8, 4) is 0 Å². The Balaban J connectivity index is 1.79. The van der Waals surface area contributed by atoms with Crippen LogP contribution in [-0.4, -0.2) is 42.4 Å². The highest BCUT2D eigenvalue weighted by Crippen LogP contribution is 2.25. The number of benzene rings is 1. The third kappa shape index (κ3) is 3.61. The maximum atomic E-state index is 12.9. The molecule has 2 N–H and O–H groups in total. The zero-order chi connectivity index (χ0) is 17.1. The quantitative estimate of drug-likeness (QED) is 0.896. The van der Waals surface area contributed by atoms with Gasteiger partial charge in [0.1, 0.15) is 0 Å². The first-order valence-electron chi connectivity index (χ1n) is 8.99. The molecular weight excluding hydrogens is 302 g/mol. The molecule has 0 aliphatic carbocycles. The van der Waals surface area contributed by atoms with Gasteiger partial charge in [0.15, 0.2) is 0 Å². The molecule has 5 heteroatoms. The van der Waals surface area contributed by atoms with Crippen molar-refractivity contribution < 1.29 is 9.59 Å². The summed E-state index contributed by atoms with van der Waals surface area (Å²) in [4.78, 5) is 27.4. The van der Waals surface area contributed by atoms with E-state index in [1.165, 1.54) is 0 Å². The molecule has 2 fully saturated rings. The van der Waals surface area contributed by atoms with Gasteiger partial charge in [0, 0.05) is 25.0 Å². The van der Waals surface area contributed by atoms with Crippen molar-refractivity contribution in [2.24, 2.45) is 5.92 Å². The lowest BCUT2D eigenvalue weighted by Gasteiger charge is -2.27. The number of rotatable bonds is 3. The normalized spacial score (nSPS) is 24.0. The summed E-state index contributed by atoms with van der Waals surface area (Å²) in [5.74, 6) is 0.0838. The van der Waals surface area contributed by atoms with E-state index < -0.39 is 0 Å². The van der Waals surface area contributed by atoms with Gasteiger partial charge in [-0.25, -0.2) is 0 Å². The number of likely N-dealkylation sites (tertiary alicyclic amines) is 1. The molecule has 0 unspecified atom stereocenters. The van der Waals surface area contributed by atoms with Crippen molar-refractivity contribution in [1.29, 1.82) is 0 Å². The first-order chi connectivity index (χ1) is 11.6. The topological polar surface area (TPSA) is 61.4 Å². The lowest BCUT2D eigenvalue weighted by atomic mass is 9.92. The van der Waals surface area contributed by atoms with Gasteiger partial charge >= 0.3 is 0 Å². The van der Waals surface area contributed by atoms with Gasteiger partial charge in [0.05, 0.1) is 11.3 Å². The smallest absolute Gasteiger partial charge is 0.256 e. The maximum absolute atomic E-state index is 12.9. The monoisotopic (exact) mass is 329 g/mol. The van der Waals surface area contributed by atoms with E-state index in [2.05, 4.69) is 17.6 Å². The highest BCUT2D eigenvalue weighted by atomic mass is 16.2. The standard InChI is InChI=1S/C19H27N3O2/c1-13-6-5-7-16(17(13)19(24)22-10-3-4-11-22)21-18(23)15-8-9-20-14(2)12-15/h5-7,14-15,20H,3-4,8-12H2,1-2H3,(H,21,23)/t14-,15-/m0/s1. The van der Waals surface area contributed by atoms with Crippen LogP contribution in [-0.2, 0) is 4.79 Å². The summed E-state index contributed by atoms with van der Waals surface area (Å²) < 4.78 is 0. The van der Waals surface area contributed by atoms with Crippen LogP contribution in [0, 0.1) is 12.8 Å². The first kappa shape index (κ1) is 17.0. The van der Waals surface area contributed by atoms with E-state index in [9.17, 15) is 9.59 Å². The van der Waals surface area contributed by atoms with Gasteiger partial charge in [-0.15, -0.1) is 0 Å². The van der Waals surface area contributed by atoms with Crippen LogP contribution >= 0.6 is 0 Å². The van der Waals surface area contributed by atoms with E-state index in [1.54, 1.807) is 0 Å². The van der Waals surface area contributed by atoms with Crippen molar-refractivity contribution in [2.45, 2.75) is 45.6 Å². The van der Waals surface area contributed by atoms with Crippen LogP contribution in [0.2, 0.25) is 0 Å². The summed E-state index contributed by atoms with van der Waals surface area (Å²) in [5, 5.41) is 6.40. The van der Waals surface area contributed by atoms with Gasteiger partial charge in [0.25, 0.3) is 5.91 Å². The van der Waals surface area contributed by atoms with E-state index in [0.29, 0.717) is 17.3 Å². The summed E-state index contributed by atoms with van der Waals surface area (Å²) in [5.41, 5.74) is 2.22. The fourth-order valence-electron chi connectivity index (χ4n) is 3.74. The highest BCUT2D eigenvalue weighted by molar-refractivity contribution is 6.05. The molecule has 2 heterocycles. The Morgan fingerprint density at radius 3 is 2.71 bits per heavy atom. The number of nitrogens with one attached hydrogen (secondary N) is 2. The second-order valence-corrected chi connectivity index (χ2v) is 7.06. The Morgan fingerprint density at radius 1 is 1.25 bits per heavy atom. The molecule has 2 saturated heterocycles. The Labute approximate surface area is 143 Å². The predicted molar refractivity (Wildman–Crippen MR) is 95.1 cm³/mol. The van der Waals surface area contributed by atoms with E-state index in [1.807, 2.05) is 30.0 Å². The maximum Gasteiger partial charge on any atom is 0.256 e. The third-order valence-corrected chi connectivity index (χ3v) is 5.13. The largest absolute Gasteiger partial charge is 0.339 e. The average molecular weight is 329 g/mol. The van der Waals surface area contributed by atoms with Crippen LogP contribution in [0.15, 0.2) is 18.2 Å². The number of nitrogens with zero attached hydrogens (tertiary/aromatic N) is 1. The predicted octanol–water partition coefficient (Wildman–Crippen LogP) is 2.56. The molecule has 1 aromatic rings. The van der Waals surface area contributed by atoms with E-state index >= 15 is 0 Å². The third-order valence-electron chi connectivity index (χ3n) is 5.13. The number of hydrogen-bond acceptors (Lipinski definition) is 3. The van der Waals surface area contributed by atoms with Crippen LogP contribution in [0.4, 0.5) is 5.69 Å². The molecule has 130 valence electrons. The highest BCUT2D eigenvalue weighted by Gasteiger charge is 2.27. The first-order valence-corrected chi connectivity index (χ1v) is 8.99. The molecular formula is C19H27N3O2. The van der Waals surface area contributed by atoms with Crippen molar-refractivity contribution in [3.63, 3.8) is 0 Å².